The monoisotopic (exact) mass is 417 g/mol. The first-order valence-corrected chi connectivity index (χ1v) is 11.0. The van der Waals surface area contributed by atoms with Gasteiger partial charge in [0.1, 0.15) is 5.82 Å². The van der Waals surface area contributed by atoms with Crippen LogP contribution in [0.25, 0.3) is 5.52 Å². The fraction of sp³-hybridized carbons (Fsp3) is 0.375. The second-order valence-corrected chi connectivity index (χ2v) is 8.36. The smallest absolute Gasteiger partial charge is 0.322 e. The molecule has 2 aliphatic heterocycles. The quantitative estimate of drug-likeness (QED) is 0.691. The number of benzene rings is 1. The molecule has 3 aromatic rings. The number of amides is 3. The van der Waals surface area contributed by atoms with Crippen molar-refractivity contribution in [1.82, 2.24) is 19.6 Å². The molecule has 160 valence electrons. The van der Waals surface area contributed by atoms with Crippen LogP contribution in [0.5, 0.6) is 0 Å². The third-order valence-corrected chi connectivity index (χ3v) is 6.44. The molecule has 31 heavy (non-hydrogen) atoms. The maximum absolute atomic E-state index is 13.1. The summed E-state index contributed by atoms with van der Waals surface area (Å²) in [6.45, 7) is 4.59. The van der Waals surface area contributed by atoms with Crippen LogP contribution in [0.2, 0.25) is 0 Å². The van der Waals surface area contributed by atoms with Crippen LogP contribution in [-0.2, 0) is 11.3 Å². The minimum absolute atomic E-state index is 0.109. The summed E-state index contributed by atoms with van der Waals surface area (Å²) in [7, 11) is 0. The zero-order valence-electron chi connectivity index (χ0n) is 17.8. The Morgan fingerprint density at radius 1 is 1.19 bits per heavy atom. The first-order chi connectivity index (χ1) is 15.1. The van der Waals surface area contributed by atoms with Gasteiger partial charge in [0, 0.05) is 43.9 Å². The van der Waals surface area contributed by atoms with Gasteiger partial charge in [0.15, 0.2) is 0 Å². The van der Waals surface area contributed by atoms with E-state index in [1.54, 1.807) is 0 Å². The van der Waals surface area contributed by atoms with Gasteiger partial charge in [-0.25, -0.2) is 9.78 Å². The normalized spacial score (nSPS) is 18.1. The molecular formula is C24H27N5O2. The summed E-state index contributed by atoms with van der Waals surface area (Å²) in [5.74, 6) is 1.40. The topological polar surface area (TPSA) is 70.0 Å². The number of nitrogens with one attached hydrogen (secondary N) is 1. The first kappa shape index (κ1) is 19.6. The lowest BCUT2D eigenvalue weighted by molar-refractivity contribution is -0.127. The summed E-state index contributed by atoms with van der Waals surface area (Å²) < 4.78 is 2.03. The van der Waals surface area contributed by atoms with Crippen LogP contribution < -0.4 is 10.2 Å². The highest BCUT2D eigenvalue weighted by atomic mass is 16.2. The Morgan fingerprint density at radius 2 is 2.03 bits per heavy atom. The zero-order valence-corrected chi connectivity index (χ0v) is 17.8. The molecule has 1 saturated heterocycles. The number of nitrogens with zero attached hydrogens (tertiary/aromatic N) is 4. The number of hydrogen-bond donors (Lipinski definition) is 1. The second-order valence-electron chi connectivity index (χ2n) is 8.36. The van der Waals surface area contributed by atoms with E-state index in [1.807, 2.05) is 63.7 Å². The highest BCUT2D eigenvalue weighted by Gasteiger charge is 2.33. The minimum atomic E-state index is -0.109. The third-order valence-electron chi connectivity index (χ3n) is 6.44. The number of anilines is 1. The van der Waals surface area contributed by atoms with Crippen molar-refractivity contribution in [2.45, 2.75) is 38.6 Å². The fourth-order valence-corrected chi connectivity index (χ4v) is 4.84. The van der Waals surface area contributed by atoms with Gasteiger partial charge in [0.25, 0.3) is 0 Å². The maximum Gasteiger partial charge on any atom is 0.322 e. The van der Waals surface area contributed by atoms with Crippen molar-refractivity contribution in [3.05, 3.63) is 65.7 Å². The Morgan fingerprint density at radius 3 is 2.87 bits per heavy atom. The Bertz CT molecular complexity index is 1140. The SMILES string of the molecule is Cc1nc(CNC(=O)N2CC(CCN3CCCC3=O)c3ccccc32)c2ccccn12. The fourth-order valence-electron chi connectivity index (χ4n) is 4.84. The number of fused-ring (bicyclic) bond motifs is 2. The number of imidazole rings is 1. The summed E-state index contributed by atoms with van der Waals surface area (Å²) in [5.41, 5.74) is 4.02. The van der Waals surface area contributed by atoms with Gasteiger partial charge in [0.05, 0.1) is 17.8 Å². The van der Waals surface area contributed by atoms with Crippen molar-refractivity contribution >= 4 is 23.1 Å². The minimum Gasteiger partial charge on any atom is -0.343 e. The van der Waals surface area contributed by atoms with Gasteiger partial charge in [-0.15, -0.1) is 0 Å². The average molecular weight is 418 g/mol. The van der Waals surface area contributed by atoms with Crippen molar-refractivity contribution < 1.29 is 9.59 Å². The number of rotatable bonds is 5. The molecule has 0 bridgehead atoms. The summed E-state index contributed by atoms with van der Waals surface area (Å²) in [6, 6.07) is 14.0. The van der Waals surface area contributed by atoms with Gasteiger partial charge >= 0.3 is 6.03 Å². The molecule has 1 fully saturated rings. The molecule has 1 aromatic carbocycles. The van der Waals surface area contributed by atoms with Crippen LogP contribution in [0, 0.1) is 6.92 Å². The maximum atomic E-state index is 13.1. The highest BCUT2D eigenvalue weighted by Crippen LogP contribution is 2.38. The molecule has 4 heterocycles. The molecule has 2 aromatic heterocycles. The molecule has 7 nitrogen and oxygen atoms in total. The molecule has 2 aliphatic rings. The number of para-hydroxylation sites is 1. The van der Waals surface area contributed by atoms with E-state index in [1.165, 1.54) is 5.56 Å². The number of urea groups is 1. The van der Waals surface area contributed by atoms with Crippen LogP contribution in [-0.4, -0.2) is 45.9 Å². The van der Waals surface area contributed by atoms with E-state index in [-0.39, 0.29) is 17.9 Å². The second kappa shape index (κ2) is 8.06. The standard InChI is InChI=1S/C24H27N5O2/c1-17-26-20(22-9-4-5-13-28(17)22)15-25-24(31)29-16-18(19-7-2-3-8-21(19)29)11-14-27-12-6-10-23(27)30/h2-5,7-9,13,18H,6,10-12,14-16H2,1H3,(H,25,31). The van der Waals surface area contributed by atoms with E-state index in [0.717, 1.165) is 48.7 Å². The molecule has 1 atom stereocenters. The molecule has 3 amide bonds. The highest BCUT2D eigenvalue weighted by molar-refractivity contribution is 5.94. The molecule has 0 aliphatic carbocycles. The molecule has 0 spiro atoms. The Labute approximate surface area is 181 Å². The number of carbonyl (C=O) groups is 2. The van der Waals surface area contributed by atoms with Gasteiger partial charge in [-0.2, -0.15) is 0 Å². The summed E-state index contributed by atoms with van der Waals surface area (Å²) in [6.07, 6.45) is 4.47. The number of aryl methyl sites for hydroxylation is 1. The number of pyridine rings is 1. The van der Waals surface area contributed by atoms with Gasteiger partial charge in [0.2, 0.25) is 5.91 Å². The average Bonchev–Trinajstić information content (AvgIpc) is 3.46. The number of hydrogen-bond acceptors (Lipinski definition) is 3. The zero-order chi connectivity index (χ0) is 21.4. The lowest BCUT2D eigenvalue weighted by atomic mass is 9.98. The molecule has 7 heteroatoms. The van der Waals surface area contributed by atoms with Crippen LogP contribution in [0.1, 0.15) is 42.3 Å². The van der Waals surface area contributed by atoms with Crippen LogP contribution in [0.4, 0.5) is 10.5 Å². The Kier molecular flexibility index (Phi) is 5.10. The largest absolute Gasteiger partial charge is 0.343 e. The molecule has 1 N–H and O–H groups in total. The van der Waals surface area contributed by atoms with Crippen molar-refractivity contribution in [3.8, 4) is 0 Å². The predicted molar refractivity (Wildman–Crippen MR) is 119 cm³/mol. The van der Waals surface area contributed by atoms with Crippen molar-refractivity contribution in [1.29, 1.82) is 0 Å². The molecule has 1 unspecified atom stereocenters. The molecule has 0 saturated carbocycles. The number of aromatic nitrogens is 2. The molecule has 5 rings (SSSR count). The van der Waals surface area contributed by atoms with Crippen molar-refractivity contribution in [2.75, 3.05) is 24.5 Å². The summed E-state index contributed by atoms with van der Waals surface area (Å²) in [5, 5.41) is 3.06. The van der Waals surface area contributed by atoms with Crippen LogP contribution in [0.15, 0.2) is 48.7 Å². The number of likely N-dealkylation sites (tertiary alicyclic amines) is 1. The van der Waals surface area contributed by atoms with E-state index in [2.05, 4.69) is 16.4 Å². The van der Waals surface area contributed by atoms with Gasteiger partial charge in [-0.3, -0.25) is 9.69 Å². The predicted octanol–water partition coefficient (Wildman–Crippen LogP) is 3.47. The lowest BCUT2D eigenvalue weighted by Gasteiger charge is -2.20. The van der Waals surface area contributed by atoms with E-state index >= 15 is 0 Å². The van der Waals surface area contributed by atoms with Crippen molar-refractivity contribution in [3.63, 3.8) is 0 Å². The molecule has 0 radical (unpaired) electrons. The first-order valence-electron chi connectivity index (χ1n) is 11.0. The summed E-state index contributed by atoms with van der Waals surface area (Å²) in [4.78, 5) is 33.5. The van der Waals surface area contributed by atoms with E-state index in [4.69, 9.17) is 0 Å². The van der Waals surface area contributed by atoms with E-state index in [0.29, 0.717) is 19.5 Å². The molecular weight excluding hydrogens is 390 g/mol. The van der Waals surface area contributed by atoms with Crippen LogP contribution >= 0.6 is 0 Å². The van der Waals surface area contributed by atoms with E-state index in [9.17, 15) is 9.59 Å². The lowest BCUT2D eigenvalue weighted by Crippen LogP contribution is -2.39. The third kappa shape index (κ3) is 3.65. The van der Waals surface area contributed by atoms with Crippen LogP contribution in [0.3, 0.4) is 0 Å². The summed E-state index contributed by atoms with van der Waals surface area (Å²) >= 11 is 0. The van der Waals surface area contributed by atoms with Gasteiger partial charge in [-0.05, 0) is 43.5 Å². The van der Waals surface area contributed by atoms with Gasteiger partial charge in [-0.1, -0.05) is 24.3 Å². The Balaban J connectivity index is 1.28. The Hall–Kier alpha value is -3.35. The van der Waals surface area contributed by atoms with E-state index < -0.39 is 0 Å². The van der Waals surface area contributed by atoms with Gasteiger partial charge < -0.3 is 14.6 Å². The number of carbonyl (C=O) groups excluding carboxylic acids is 2. The van der Waals surface area contributed by atoms with Crippen molar-refractivity contribution in [2.24, 2.45) is 0 Å².